The molecule has 2 aromatic carbocycles. The van der Waals surface area contributed by atoms with Crippen molar-refractivity contribution >= 4 is 29.0 Å². The van der Waals surface area contributed by atoms with Crippen LogP contribution >= 0.6 is 11.6 Å². The smallest absolute Gasteiger partial charge is 0.360 e. The molecule has 2 rings (SSSR count). The number of carbonyl (C=O) groups is 1. The van der Waals surface area contributed by atoms with Crippen LogP contribution in [-0.2, 0) is 30.6 Å². The number of carbonyl (C=O) groups excluding carboxylic acids is 1. The Labute approximate surface area is 179 Å². The van der Waals surface area contributed by atoms with Gasteiger partial charge in [-0.25, -0.2) is 4.79 Å². The lowest BCUT2D eigenvalue weighted by Crippen LogP contribution is -2.19. The van der Waals surface area contributed by atoms with Crippen molar-refractivity contribution in [1.29, 1.82) is 5.26 Å². The molecule has 0 aliphatic heterocycles. The van der Waals surface area contributed by atoms with E-state index < -0.39 is 5.97 Å². The highest BCUT2D eigenvalue weighted by Gasteiger charge is 2.21. The summed E-state index contributed by atoms with van der Waals surface area (Å²) in [4.78, 5) is 22.4. The molecule has 0 bridgehead atoms. The first kappa shape index (κ1) is 22.9. The highest BCUT2D eigenvalue weighted by Crippen LogP contribution is 2.23. The molecule has 8 nitrogen and oxygen atoms in total. The van der Waals surface area contributed by atoms with E-state index in [1.807, 2.05) is 0 Å². The van der Waals surface area contributed by atoms with Crippen molar-refractivity contribution in [2.45, 2.75) is 6.61 Å². The molecule has 0 heterocycles. The van der Waals surface area contributed by atoms with Crippen molar-refractivity contribution in [2.75, 3.05) is 27.9 Å². The third kappa shape index (κ3) is 5.80. The zero-order chi connectivity index (χ0) is 21.9. The SMILES string of the molecule is COC/C(=N\OCc1c(Cl)cccc1/C(=N\OC)C(=O)OC)c1cccc(C#N)c1. The molecule has 0 atom stereocenters. The second-order valence-electron chi connectivity index (χ2n) is 5.82. The van der Waals surface area contributed by atoms with Crippen LogP contribution in [0, 0.1) is 11.3 Å². The maximum atomic E-state index is 12.1. The van der Waals surface area contributed by atoms with Gasteiger partial charge in [0.05, 0.1) is 25.3 Å². The average Bonchev–Trinajstić information content (AvgIpc) is 2.77. The minimum absolute atomic E-state index is 0.0519. The second-order valence-corrected chi connectivity index (χ2v) is 6.22. The minimum Gasteiger partial charge on any atom is -0.464 e. The lowest BCUT2D eigenvalue weighted by molar-refractivity contribution is -0.132. The number of nitriles is 1. The molecule has 0 fully saturated rings. The molecule has 30 heavy (non-hydrogen) atoms. The lowest BCUT2D eigenvalue weighted by atomic mass is 10.0. The third-order valence-electron chi connectivity index (χ3n) is 3.92. The number of ether oxygens (including phenoxy) is 2. The average molecular weight is 430 g/mol. The third-order valence-corrected chi connectivity index (χ3v) is 4.28. The summed E-state index contributed by atoms with van der Waals surface area (Å²) in [5.41, 5.74) is 2.48. The van der Waals surface area contributed by atoms with E-state index in [1.165, 1.54) is 21.3 Å². The maximum absolute atomic E-state index is 12.1. The molecule has 0 amide bonds. The van der Waals surface area contributed by atoms with E-state index in [1.54, 1.807) is 42.5 Å². The molecule has 0 unspecified atom stereocenters. The Morgan fingerprint density at radius 3 is 2.57 bits per heavy atom. The van der Waals surface area contributed by atoms with Crippen LogP contribution in [0.3, 0.4) is 0 Å². The van der Waals surface area contributed by atoms with E-state index in [2.05, 4.69) is 16.4 Å². The molecule has 0 aromatic heterocycles. The van der Waals surface area contributed by atoms with Gasteiger partial charge < -0.3 is 19.1 Å². The Morgan fingerprint density at radius 1 is 1.13 bits per heavy atom. The molecule has 0 saturated heterocycles. The zero-order valence-electron chi connectivity index (χ0n) is 16.7. The van der Waals surface area contributed by atoms with Gasteiger partial charge in [-0.15, -0.1) is 0 Å². The van der Waals surface area contributed by atoms with Crippen molar-refractivity contribution in [3.05, 3.63) is 69.7 Å². The first-order valence-corrected chi connectivity index (χ1v) is 9.09. The summed E-state index contributed by atoms with van der Waals surface area (Å²) < 4.78 is 9.95. The Morgan fingerprint density at radius 2 is 1.90 bits per heavy atom. The van der Waals surface area contributed by atoms with Crippen molar-refractivity contribution in [3.8, 4) is 6.07 Å². The quantitative estimate of drug-likeness (QED) is 0.344. The number of oxime groups is 2. The van der Waals surface area contributed by atoms with Crippen LogP contribution < -0.4 is 0 Å². The number of benzene rings is 2. The number of hydrogen-bond donors (Lipinski definition) is 0. The van der Waals surface area contributed by atoms with Gasteiger partial charge in [-0.2, -0.15) is 5.26 Å². The van der Waals surface area contributed by atoms with Crippen LogP contribution in [-0.4, -0.2) is 45.3 Å². The summed E-state index contributed by atoms with van der Waals surface area (Å²) in [5, 5.41) is 17.3. The fourth-order valence-electron chi connectivity index (χ4n) is 2.55. The summed E-state index contributed by atoms with van der Waals surface area (Å²) in [5.74, 6) is -0.683. The normalized spacial score (nSPS) is 11.6. The van der Waals surface area contributed by atoms with Crippen LogP contribution in [0.1, 0.15) is 22.3 Å². The van der Waals surface area contributed by atoms with E-state index in [-0.39, 0.29) is 18.9 Å². The highest BCUT2D eigenvalue weighted by molar-refractivity contribution is 6.44. The number of nitrogens with zero attached hydrogens (tertiary/aromatic N) is 3. The monoisotopic (exact) mass is 429 g/mol. The molecule has 0 spiro atoms. The van der Waals surface area contributed by atoms with Gasteiger partial charge in [0, 0.05) is 28.8 Å². The summed E-state index contributed by atoms with van der Waals surface area (Å²) in [7, 11) is 4.09. The predicted molar refractivity (Wildman–Crippen MR) is 111 cm³/mol. The van der Waals surface area contributed by atoms with Gasteiger partial charge in [-0.1, -0.05) is 46.2 Å². The maximum Gasteiger partial charge on any atom is 0.360 e. The van der Waals surface area contributed by atoms with Gasteiger partial charge in [-0.3, -0.25) is 0 Å². The Bertz CT molecular complexity index is 998. The van der Waals surface area contributed by atoms with Gasteiger partial charge in [0.1, 0.15) is 19.4 Å². The largest absolute Gasteiger partial charge is 0.464 e. The summed E-state index contributed by atoms with van der Waals surface area (Å²) in [6, 6.07) is 14.0. The first-order chi connectivity index (χ1) is 14.5. The van der Waals surface area contributed by atoms with E-state index in [0.29, 0.717) is 33.0 Å². The number of halogens is 1. The van der Waals surface area contributed by atoms with Gasteiger partial charge in [0.15, 0.2) is 5.71 Å². The van der Waals surface area contributed by atoms with Gasteiger partial charge in [0.2, 0.25) is 0 Å². The number of methoxy groups -OCH3 is 2. The van der Waals surface area contributed by atoms with Gasteiger partial charge >= 0.3 is 5.97 Å². The van der Waals surface area contributed by atoms with Crippen LogP contribution in [0.25, 0.3) is 0 Å². The van der Waals surface area contributed by atoms with Crippen LogP contribution in [0.15, 0.2) is 52.8 Å². The summed E-state index contributed by atoms with van der Waals surface area (Å²) in [6.45, 7) is 0.114. The van der Waals surface area contributed by atoms with Crippen LogP contribution in [0.4, 0.5) is 0 Å². The molecule has 9 heteroatoms. The molecule has 0 radical (unpaired) electrons. The topological polar surface area (TPSA) is 102 Å². The summed E-state index contributed by atoms with van der Waals surface area (Å²) >= 11 is 6.32. The predicted octanol–water partition coefficient (Wildman–Crippen LogP) is 3.30. The Hall–Kier alpha value is -3.41. The van der Waals surface area contributed by atoms with Crippen molar-refractivity contribution in [3.63, 3.8) is 0 Å². The lowest BCUT2D eigenvalue weighted by Gasteiger charge is -2.12. The number of hydrogen-bond acceptors (Lipinski definition) is 8. The van der Waals surface area contributed by atoms with Crippen molar-refractivity contribution in [2.24, 2.45) is 10.3 Å². The van der Waals surface area contributed by atoms with Gasteiger partial charge in [-0.05, 0) is 18.2 Å². The Balaban J connectivity index is 2.34. The molecular weight excluding hydrogens is 410 g/mol. The van der Waals surface area contributed by atoms with Crippen molar-refractivity contribution in [1.82, 2.24) is 0 Å². The van der Waals surface area contributed by atoms with E-state index in [4.69, 9.17) is 36.0 Å². The first-order valence-electron chi connectivity index (χ1n) is 8.71. The second kappa shape index (κ2) is 11.6. The highest BCUT2D eigenvalue weighted by atomic mass is 35.5. The van der Waals surface area contributed by atoms with E-state index in [0.717, 1.165) is 0 Å². The standard InChI is InChI=1S/C21H20ClN3O5/c1-27-13-19(15-7-4-6-14(10-15)11-23)24-30-12-17-16(8-5-9-18(17)22)20(25-29-3)21(26)28-2/h4-10H,12-13H2,1-3H3/b24-19+,25-20+. The van der Waals surface area contributed by atoms with E-state index in [9.17, 15) is 4.79 Å². The zero-order valence-corrected chi connectivity index (χ0v) is 17.5. The fraction of sp³-hybridized carbons (Fsp3) is 0.238. The number of rotatable bonds is 9. The molecular formula is C21H20ClN3O5. The van der Waals surface area contributed by atoms with Gasteiger partial charge in [0.25, 0.3) is 0 Å². The number of esters is 1. The molecule has 0 aliphatic carbocycles. The molecule has 156 valence electrons. The summed E-state index contributed by atoms with van der Waals surface area (Å²) in [6.07, 6.45) is 0. The van der Waals surface area contributed by atoms with Crippen LogP contribution in [0.2, 0.25) is 5.02 Å². The molecule has 0 saturated carbocycles. The fourth-order valence-corrected chi connectivity index (χ4v) is 2.78. The van der Waals surface area contributed by atoms with Crippen LogP contribution in [0.5, 0.6) is 0 Å². The molecule has 2 aromatic rings. The molecule has 0 aliphatic rings. The minimum atomic E-state index is -0.683. The molecule has 0 N–H and O–H groups in total. The van der Waals surface area contributed by atoms with Crippen molar-refractivity contribution < 1.29 is 23.9 Å². The Kier molecular flexibility index (Phi) is 8.81. The van der Waals surface area contributed by atoms with E-state index >= 15 is 0 Å².